The van der Waals surface area contributed by atoms with Gasteiger partial charge in [0.1, 0.15) is 0 Å². The molecule has 4 aromatic heterocycles. The Labute approximate surface area is 192 Å². The van der Waals surface area contributed by atoms with E-state index in [9.17, 15) is 4.79 Å². The highest BCUT2D eigenvalue weighted by molar-refractivity contribution is 7.98. The molecule has 0 amide bonds. The first kappa shape index (κ1) is 20.7. The van der Waals surface area contributed by atoms with Crippen LogP contribution < -0.4 is 5.56 Å². The van der Waals surface area contributed by atoms with E-state index in [1.165, 1.54) is 52.3 Å². The van der Waals surface area contributed by atoms with Gasteiger partial charge in [-0.25, -0.2) is 4.98 Å². The molecule has 6 nitrogen and oxygen atoms in total. The second kappa shape index (κ2) is 8.72. The molecule has 1 aliphatic carbocycles. The van der Waals surface area contributed by atoms with Crippen LogP contribution in [0.5, 0.6) is 0 Å². The van der Waals surface area contributed by atoms with Crippen LogP contribution >= 0.6 is 34.4 Å². The second-order valence-electron chi connectivity index (χ2n) is 7.71. The highest BCUT2D eigenvalue weighted by Crippen LogP contribution is 2.38. The summed E-state index contributed by atoms with van der Waals surface area (Å²) in [5.41, 5.74) is 2.18. The Kier molecular flexibility index (Phi) is 5.81. The number of aryl methyl sites for hydroxylation is 1. The zero-order valence-corrected chi connectivity index (χ0v) is 19.7. The van der Waals surface area contributed by atoms with Gasteiger partial charge < -0.3 is 0 Å². The number of aromatic nitrogens is 5. The highest BCUT2D eigenvalue weighted by atomic mass is 32.2. The molecule has 0 fully saturated rings. The van der Waals surface area contributed by atoms with E-state index in [0.717, 1.165) is 22.6 Å². The lowest BCUT2D eigenvalue weighted by atomic mass is 9.87. The van der Waals surface area contributed by atoms with E-state index >= 15 is 0 Å². The third kappa shape index (κ3) is 4.02. The van der Waals surface area contributed by atoms with Crippen molar-refractivity contribution >= 4 is 39.4 Å². The first-order valence-corrected chi connectivity index (χ1v) is 13.1. The predicted octanol–water partition coefficient (Wildman–Crippen LogP) is 5.07. The number of thiazole rings is 1. The summed E-state index contributed by atoms with van der Waals surface area (Å²) in [4.78, 5) is 20.2. The normalized spacial score (nSPS) is 16.0. The van der Waals surface area contributed by atoms with Crippen molar-refractivity contribution in [3.05, 3.63) is 62.9 Å². The molecule has 4 aromatic rings. The summed E-state index contributed by atoms with van der Waals surface area (Å²) in [5.74, 6) is 2.26. The van der Waals surface area contributed by atoms with Gasteiger partial charge in [0, 0.05) is 34.8 Å². The molecule has 0 unspecified atom stereocenters. The number of fused-ring (bicyclic) bond motifs is 2. The molecule has 160 valence electrons. The summed E-state index contributed by atoms with van der Waals surface area (Å²) in [5, 5.41) is 11.7. The van der Waals surface area contributed by atoms with Crippen molar-refractivity contribution in [2.24, 2.45) is 5.92 Å². The third-order valence-corrected chi connectivity index (χ3v) is 8.71. The average molecular weight is 470 g/mol. The number of hydrogen-bond acceptors (Lipinski definition) is 7. The van der Waals surface area contributed by atoms with Crippen molar-refractivity contribution in [2.75, 3.05) is 0 Å². The number of nitrogens with zero attached hydrogens (tertiary/aromatic N) is 5. The van der Waals surface area contributed by atoms with Gasteiger partial charge in [0.2, 0.25) is 0 Å². The van der Waals surface area contributed by atoms with E-state index < -0.39 is 0 Å². The molecule has 0 N–H and O–H groups in total. The Morgan fingerprint density at radius 2 is 2.26 bits per heavy atom. The minimum absolute atomic E-state index is 0.0513. The second-order valence-corrected chi connectivity index (χ2v) is 10.7. The highest BCUT2D eigenvalue weighted by Gasteiger charge is 2.23. The van der Waals surface area contributed by atoms with Crippen molar-refractivity contribution in [1.29, 1.82) is 0 Å². The summed E-state index contributed by atoms with van der Waals surface area (Å²) >= 11 is 4.87. The predicted molar refractivity (Wildman–Crippen MR) is 128 cm³/mol. The standard InChI is InChI=1S/C22H23N5OS3/c1-3-7-27-20(18-11-15-10-14(4-2)5-6-17(15)31-18)24-25-22(27)30-13-16-12-19(28)26-8-9-29-21(26)23-16/h3,8-9,11-12,14H,1,4-7,10,13H2,2H3/t14-/m1/s1. The van der Waals surface area contributed by atoms with Crippen LogP contribution in [0.15, 0.2) is 46.3 Å². The Morgan fingerprint density at radius 3 is 3.10 bits per heavy atom. The van der Waals surface area contributed by atoms with E-state index in [1.54, 1.807) is 28.4 Å². The van der Waals surface area contributed by atoms with Gasteiger partial charge in [0.05, 0.1) is 10.6 Å². The average Bonchev–Trinajstić information content (AvgIpc) is 3.50. The summed E-state index contributed by atoms with van der Waals surface area (Å²) < 4.78 is 3.68. The smallest absolute Gasteiger partial charge is 0.258 e. The van der Waals surface area contributed by atoms with Crippen LogP contribution in [-0.2, 0) is 25.1 Å². The van der Waals surface area contributed by atoms with Crippen LogP contribution in [0, 0.1) is 5.92 Å². The van der Waals surface area contributed by atoms with Crippen molar-refractivity contribution in [2.45, 2.75) is 50.1 Å². The molecule has 31 heavy (non-hydrogen) atoms. The van der Waals surface area contributed by atoms with Crippen LogP contribution in [0.3, 0.4) is 0 Å². The molecule has 0 bridgehead atoms. The zero-order chi connectivity index (χ0) is 21.4. The number of rotatable bonds is 7. The van der Waals surface area contributed by atoms with Crippen LogP contribution in [0.25, 0.3) is 15.7 Å². The lowest BCUT2D eigenvalue weighted by Gasteiger charge is -2.19. The molecule has 4 heterocycles. The van der Waals surface area contributed by atoms with Crippen LogP contribution in [0.2, 0.25) is 0 Å². The molecular weight excluding hydrogens is 446 g/mol. The Bertz CT molecular complexity index is 1300. The zero-order valence-electron chi connectivity index (χ0n) is 17.3. The molecule has 1 atom stereocenters. The summed E-state index contributed by atoms with van der Waals surface area (Å²) in [6.45, 7) is 6.85. The minimum atomic E-state index is -0.0513. The molecule has 1 aliphatic rings. The molecule has 0 radical (unpaired) electrons. The monoisotopic (exact) mass is 469 g/mol. The van der Waals surface area contributed by atoms with E-state index in [2.05, 4.69) is 39.3 Å². The maximum absolute atomic E-state index is 12.2. The fourth-order valence-electron chi connectivity index (χ4n) is 4.03. The van der Waals surface area contributed by atoms with Crippen molar-refractivity contribution < 1.29 is 0 Å². The molecule has 0 spiro atoms. The topological polar surface area (TPSA) is 65.1 Å². The van der Waals surface area contributed by atoms with E-state index in [0.29, 0.717) is 17.3 Å². The Morgan fingerprint density at radius 1 is 1.35 bits per heavy atom. The quantitative estimate of drug-likeness (QED) is 0.279. The molecule has 0 aliphatic heterocycles. The summed E-state index contributed by atoms with van der Waals surface area (Å²) in [6.07, 6.45) is 8.49. The lowest BCUT2D eigenvalue weighted by Crippen LogP contribution is -2.12. The fraction of sp³-hybridized carbons (Fsp3) is 0.364. The SMILES string of the molecule is C=CCn1c(SCc2cc(=O)n3ccsc3n2)nnc1-c1cc2c(s1)CC[C@@H](CC)C2. The van der Waals surface area contributed by atoms with Crippen LogP contribution in [0.4, 0.5) is 0 Å². The maximum atomic E-state index is 12.2. The van der Waals surface area contributed by atoms with Crippen molar-refractivity contribution in [3.63, 3.8) is 0 Å². The molecule has 0 saturated heterocycles. The van der Waals surface area contributed by atoms with Gasteiger partial charge in [-0.1, -0.05) is 31.2 Å². The largest absolute Gasteiger partial charge is 0.297 e. The molecule has 9 heteroatoms. The van der Waals surface area contributed by atoms with E-state index in [4.69, 9.17) is 0 Å². The fourth-order valence-corrected chi connectivity index (χ4v) is 6.81. The minimum Gasteiger partial charge on any atom is -0.297 e. The summed E-state index contributed by atoms with van der Waals surface area (Å²) in [7, 11) is 0. The van der Waals surface area contributed by atoms with Gasteiger partial charge >= 0.3 is 0 Å². The van der Waals surface area contributed by atoms with Gasteiger partial charge in [-0.15, -0.1) is 39.4 Å². The Balaban J connectivity index is 1.41. The number of hydrogen-bond donors (Lipinski definition) is 0. The lowest BCUT2D eigenvalue weighted by molar-refractivity contribution is 0.449. The van der Waals surface area contributed by atoms with Gasteiger partial charge in [0.15, 0.2) is 15.9 Å². The van der Waals surface area contributed by atoms with Gasteiger partial charge in [-0.2, -0.15) is 0 Å². The molecule has 0 aromatic carbocycles. The maximum Gasteiger partial charge on any atom is 0.258 e. The first-order valence-electron chi connectivity index (χ1n) is 10.4. The number of thioether (sulfide) groups is 1. The van der Waals surface area contributed by atoms with Gasteiger partial charge in [-0.05, 0) is 36.8 Å². The van der Waals surface area contributed by atoms with Crippen LogP contribution in [0.1, 0.15) is 35.9 Å². The van der Waals surface area contributed by atoms with Gasteiger partial charge in [-0.3, -0.25) is 13.8 Å². The molecule has 0 saturated carbocycles. The molecule has 5 rings (SSSR count). The summed E-state index contributed by atoms with van der Waals surface area (Å²) in [6, 6.07) is 3.91. The van der Waals surface area contributed by atoms with Crippen LogP contribution in [-0.4, -0.2) is 24.1 Å². The van der Waals surface area contributed by atoms with E-state index in [-0.39, 0.29) is 5.56 Å². The third-order valence-electron chi connectivity index (χ3n) is 5.72. The van der Waals surface area contributed by atoms with Gasteiger partial charge in [0.25, 0.3) is 5.56 Å². The number of allylic oxidation sites excluding steroid dienone is 1. The molecular formula is C22H23N5OS3. The number of thiophene rings is 1. The van der Waals surface area contributed by atoms with E-state index in [1.807, 2.05) is 22.8 Å². The first-order chi connectivity index (χ1) is 15.2. The van der Waals surface area contributed by atoms with Crippen molar-refractivity contribution in [1.82, 2.24) is 24.1 Å². The van der Waals surface area contributed by atoms with Crippen molar-refractivity contribution in [3.8, 4) is 10.7 Å². The Hall–Kier alpha value is -2.23.